The fraction of sp³-hybridized carbons (Fsp3) is 0.556. The molecule has 0 aliphatic rings. The van der Waals surface area contributed by atoms with Crippen molar-refractivity contribution < 1.29 is 5.11 Å². The molecule has 1 N–H and O–H groups in total. The molecule has 1 nitrogen and oxygen atoms in total. The van der Waals surface area contributed by atoms with Gasteiger partial charge in [0.05, 0.1) is 6.10 Å². The Morgan fingerprint density at radius 1 is 1.45 bits per heavy atom. The molecule has 1 heterocycles. The van der Waals surface area contributed by atoms with E-state index in [0.717, 1.165) is 17.7 Å². The summed E-state index contributed by atoms with van der Waals surface area (Å²) in [4.78, 5) is 2.46. The normalized spacial score (nSPS) is 13.4. The van der Waals surface area contributed by atoms with Crippen LogP contribution in [0.5, 0.6) is 0 Å². The van der Waals surface area contributed by atoms with Gasteiger partial charge in [-0.05, 0) is 25.0 Å². The molecule has 1 rings (SSSR count). The van der Waals surface area contributed by atoms with Gasteiger partial charge in [-0.1, -0.05) is 13.8 Å². The number of hydrogen-bond donors (Lipinski definition) is 1. The van der Waals surface area contributed by atoms with Crippen molar-refractivity contribution in [2.24, 2.45) is 0 Å². The zero-order chi connectivity index (χ0) is 8.27. The Labute approximate surface area is 71.7 Å². The molecule has 0 saturated heterocycles. The summed E-state index contributed by atoms with van der Waals surface area (Å²) >= 11 is 1.72. The minimum absolute atomic E-state index is 0.250. The van der Waals surface area contributed by atoms with Gasteiger partial charge in [0, 0.05) is 9.75 Å². The van der Waals surface area contributed by atoms with Gasteiger partial charge in [0.25, 0.3) is 0 Å². The predicted octanol–water partition coefficient (Wildman–Crippen LogP) is 2.75. The molecule has 1 unspecified atom stereocenters. The molecule has 2 heteroatoms. The largest absolute Gasteiger partial charge is 0.388 e. The second kappa shape index (κ2) is 3.88. The Balaban J connectivity index is 2.71. The van der Waals surface area contributed by atoms with Crippen molar-refractivity contribution in [2.45, 2.75) is 32.8 Å². The first-order valence-electron chi connectivity index (χ1n) is 4.04. The highest BCUT2D eigenvalue weighted by atomic mass is 32.1. The van der Waals surface area contributed by atoms with E-state index in [1.165, 1.54) is 4.88 Å². The Bertz CT molecular complexity index is 217. The molecule has 0 radical (unpaired) electrons. The molecule has 0 saturated carbocycles. The zero-order valence-electron chi connectivity index (χ0n) is 7.00. The second-order valence-electron chi connectivity index (χ2n) is 2.58. The van der Waals surface area contributed by atoms with Gasteiger partial charge in [-0.15, -0.1) is 11.3 Å². The van der Waals surface area contributed by atoms with Crippen LogP contribution in [0.25, 0.3) is 0 Å². The van der Waals surface area contributed by atoms with Gasteiger partial charge in [0.15, 0.2) is 0 Å². The maximum Gasteiger partial charge on any atom is 0.0879 e. The molecule has 62 valence electrons. The molecule has 0 amide bonds. The zero-order valence-corrected chi connectivity index (χ0v) is 7.82. The maximum atomic E-state index is 9.45. The van der Waals surface area contributed by atoms with E-state index in [0.29, 0.717) is 0 Å². The summed E-state index contributed by atoms with van der Waals surface area (Å²) in [6.45, 7) is 4.13. The number of thiophene rings is 1. The van der Waals surface area contributed by atoms with Gasteiger partial charge in [0.1, 0.15) is 0 Å². The van der Waals surface area contributed by atoms with Crippen LogP contribution in [0, 0.1) is 0 Å². The Morgan fingerprint density at radius 3 is 2.64 bits per heavy atom. The van der Waals surface area contributed by atoms with Gasteiger partial charge in [-0.2, -0.15) is 0 Å². The lowest BCUT2D eigenvalue weighted by Crippen LogP contribution is -1.89. The Hall–Kier alpha value is -0.340. The van der Waals surface area contributed by atoms with Crippen molar-refractivity contribution in [1.29, 1.82) is 0 Å². The molecule has 11 heavy (non-hydrogen) atoms. The molecule has 0 spiro atoms. The van der Waals surface area contributed by atoms with Crippen molar-refractivity contribution in [1.82, 2.24) is 0 Å². The summed E-state index contributed by atoms with van der Waals surface area (Å²) in [5, 5.41) is 9.45. The van der Waals surface area contributed by atoms with E-state index in [1.54, 1.807) is 11.3 Å². The molecule has 1 aromatic rings. The monoisotopic (exact) mass is 170 g/mol. The van der Waals surface area contributed by atoms with E-state index in [4.69, 9.17) is 0 Å². The van der Waals surface area contributed by atoms with Crippen molar-refractivity contribution >= 4 is 11.3 Å². The number of rotatable bonds is 3. The number of aliphatic hydroxyl groups is 1. The third kappa shape index (κ3) is 2.04. The molecule has 0 fully saturated rings. The van der Waals surface area contributed by atoms with E-state index in [9.17, 15) is 5.11 Å². The Kier molecular flexibility index (Phi) is 3.09. The van der Waals surface area contributed by atoms with Crippen molar-refractivity contribution in [3.63, 3.8) is 0 Å². The van der Waals surface area contributed by atoms with Crippen LogP contribution < -0.4 is 0 Å². The summed E-state index contributed by atoms with van der Waals surface area (Å²) in [6, 6.07) is 4.12. The SMILES string of the molecule is CCc1ccc(C(O)CC)s1. The van der Waals surface area contributed by atoms with Gasteiger partial charge in [0.2, 0.25) is 0 Å². The molecule has 0 aliphatic carbocycles. The number of aliphatic hydroxyl groups excluding tert-OH is 1. The number of aryl methyl sites for hydroxylation is 1. The number of hydrogen-bond acceptors (Lipinski definition) is 2. The molecular weight excluding hydrogens is 156 g/mol. The topological polar surface area (TPSA) is 20.2 Å². The minimum atomic E-state index is -0.250. The highest BCUT2D eigenvalue weighted by Crippen LogP contribution is 2.25. The van der Waals surface area contributed by atoms with Gasteiger partial charge < -0.3 is 5.11 Å². The van der Waals surface area contributed by atoms with Crippen LogP contribution in [0.2, 0.25) is 0 Å². The lowest BCUT2D eigenvalue weighted by molar-refractivity contribution is 0.177. The van der Waals surface area contributed by atoms with Crippen molar-refractivity contribution in [3.05, 3.63) is 21.9 Å². The molecular formula is C9H14OS. The molecule has 1 aromatic heterocycles. The van der Waals surface area contributed by atoms with Crippen LogP contribution in [0.15, 0.2) is 12.1 Å². The van der Waals surface area contributed by atoms with Crippen LogP contribution in [-0.2, 0) is 6.42 Å². The van der Waals surface area contributed by atoms with Crippen LogP contribution in [-0.4, -0.2) is 5.11 Å². The average molecular weight is 170 g/mol. The van der Waals surface area contributed by atoms with E-state index in [2.05, 4.69) is 13.0 Å². The van der Waals surface area contributed by atoms with Crippen molar-refractivity contribution in [2.75, 3.05) is 0 Å². The molecule has 0 bridgehead atoms. The van der Waals surface area contributed by atoms with Gasteiger partial charge in [-0.3, -0.25) is 0 Å². The summed E-state index contributed by atoms with van der Waals surface area (Å²) in [5.74, 6) is 0. The summed E-state index contributed by atoms with van der Waals surface area (Å²) in [5.41, 5.74) is 0. The molecule has 0 aliphatic heterocycles. The van der Waals surface area contributed by atoms with Gasteiger partial charge >= 0.3 is 0 Å². The molecule has 1 atom stereocenters. The molecule has 0 aromatic carbocycles. The van der Waals surface area contributed by atoms with Gasteiger partial charge in [-0.25, -0.2) is 0 Å². The minimum Gasteiger partial charge on any atom is -0.388 e. The van der Waals surface area contributed by atoms with Crippen LogP contribution >= 0.6 is 11.3 Å². The van der Waals surface area contributed by atoms with E-state index in [1.807, 2.05) is 13.0 Å². The lowest BCUT2D eigenvalue weighted by Gasteiger charge is -2.02. The van der Waals surface area contributed by atoms with Crippen molar-refractivity contribution in [3.8, 4) is 0 Å². The summed E-state index contributed by atoms with van der Waals surface area (Å²) < 4.78 is 0. The fourth-order valence-electron chi connectivity index (χ4n) is 0.965. The highest BCUT2D eigenvalue weighted by molar-refractivity contribution is 7.12. The second-order valence-corrected chi connectivity index (χ2v) is 3.78. The smallest absolute Gasteiger partial charge is 0.0879 e. The summed E-state index contributed by atoms with van der Waals surface area (Å²) in [7, 11) is 0. The van der Waals surface area contributed by atoms with Crippen LogP contribution in [0.1, 0.15) is 36.1 Å². The quantitative estimate of drug-likeness (QED) is 0.739. The third-order valence-electron chi connectivity index (χ3n) is 1.75. The first kappa shape index (κ1) is 8.75. The Morgan fingerprint density at radius 2 is 2.18 bits per heavy atom. The average Bonchev–Trinajstić information content (AvgIpc) is 2.50. The first-order chi connectivity index (χ1) is 5.27. The summed E-state index contributed by atoms with van der Waals surface area (Å²) in [6.07, 6.45) is 1.63. The maximum absolute atomic E-state index is 9.45. The van der Waals surface area contributed by atoms with E-state index in [-0.39, 0.29) is 6.10 Å². The first-order valence-corrected chi connectivity index (χ1v) is 4.86. The van der Waals surface area contributed by atoms with Crippen LogP contribution in [0.3, 0.4) is 0 Å². The van der Waals surface area contributed by atoms with E-state index < -0.39 is 0 Å². The highest BCUT2D eigenvalue weighted by Gasteiger charge is 2.06. The van der Waals surface area contributed by atoms with Crippen LogP contribution in [0.4, 0.5) is 0 Å². The third-order valence-corrected chi connectivity index (χ3v) is 3.08. The predicted molar refractivity (Wildman–Crippen MR) is 48.9 cm³/mol. The lowest BCUT2D eigenvalue weighted by atomic mass is 10.2. The fourth-order valence-corrected chi connectivity index (χ4v) is 1.99. The standard InChI is InChI=1S/C9H14OS/c1-3-7-5-6-9(11-7)8(10)4-2/h5-6,8,10H,3-4H2,1-2H3. The van der Waals surface area contributed by atoms with E-state index >= 15 is 0 Å².